The minimum atomic E-state index is 0.810. The molecule has 0 amide bonds. The Morgan fingerprint density at radius 3 is 2.60 bits per heavy atom. The zero-order valence-electron chi connectivity index (χ0n) is 12.1. The van der Waals surface area contributed by atoms with Gasteiger partial charge in [0.1, 0.15) is 6.20 Å². The predicted molar refractivity (Wildman–Crippen MR) is 82.0 cm³/mol. The van der Waals surface area contributed by atoms with Crippen molar-refractivity contribution in [1.82, 2.24) is 9.38 Å². The molecule has 3 heteroatoms. The minimum absolute atomic E-state index is 0.810. The molecule has 1 radical (unpaired) electrons. The van der Waals surface area contributed by atoms with E-state index in [1.54, 1.807) is 0 Å². The molecule has 3 aromatic rings. The molecule has 0 aliphatic carbocycles. The third kappa shape index (κ3) is 2.16. The summed E-state index contributed by atoms with van der Waals surface area (Å²) >= 11 is 0. The van der Waals surface area contributed by atoms with Gasteiger partial charge >= 0.3 is 0 Å². The van der Waals surface area contributed by atoms with Crippen LogP contribution < -0.4 is 5.32 Å². The zero-order chi connectivity index (χ0) is 14.1. The highest BCUT2D eigenvalue weighted by molar-refractivity contribution is 5.67. The molecular weight excluding hydrogens is 246 g/mol. The highest BCUT2D eigenvalue weighted by Gasteiger charge is 2.06. The summed E-state index contributed by atoms with van der Waals surface area (Å²) in [5.41, 5.74) is 6.97. The van der Waals surface area contributed by atoms with Gasteiger partial charge in [-0.05, 0) is 49.6 Å². The third-order valence-corrected chi connectivity index (χ3v) is 3.75. The van der Waals surface area contributed by atoms with E-state index in [9.17, 15) is 0 Å². The summed E-state index contributed by atoms with van der Waals surface area (Å²) in [6.07, 6.45) is 5.02. The van der Waals surface area contributed by atoms with Crippen molar-refractivity contribution in [2.24, 2.45) is 0 Å². The summed E-state index contributed by atoms with van der Waals surface area (Å²) in [5, 5.41) is 3.50. The first-order valence-electron chi connectivity index (χ1n) is 6.81. The minimum Gasteiger partial charge on any atom is -0.378 e. The van der Waals surface area contributed by atoms with Crippen LogP contribution in [0, 0.1) is 27.0 Å². The van der Waals surface area contributed by atoms with Crippen molar-refractivity contribution in [2.45, 2.75) is 27.3 Å². The van der Waals surface area contributed by atoms with E-state index in [2.05, 4.69) is 54.6 Å². The van der Waals surface area contributed by atoms with E-state index in [1.807, 2.05) is 23.6 Å². The van der Waals surface area contributed by atoms with Crippen LogP contribution in [0.4, 0.5) is 5.69 Å². The monoisotopic (exact) mass is 264 g/mol. The van der Waals surface area contributed by atoms with Crippen molar-refractivity contribution in [2.75, 3.05) is 5.32 Å². The molecule has 3 rings (SSSR count). The molecule has 0 fully saturated rings. The lowest BCUT2D eigenvalue weighted by molar-refractivity contribution is 1.07. The van der Waals surface area contributed by atoms with Crippen molar-refractivity contribution >= 4 is 11.3 Å². The van der Waals surface area contributed by atoms with Crippen LogP contribution in [-0.2, 0) is 6.54 Å². The Labute approximate surface area is 119 Å². The summed E-state index contributed by atoms with van der Waals surface area (Å²) in [6, 6.07) is 10.5. The quantitative estimate of drug-likeness (QED) is 0.782. The highest BCUT2D eigenvalue weighted by atomic mass is 15.0. The maximum Gasteiger partial charge on any atom is 0.161 e. The lowest BCUT2D eigenvalue weighted by atomic mass is 10.0. The molecule has 1 N–H and O–H groups in total. The Kier molecular flexibility index (Phi) is 3.18. The molecule has 1 aromatic carbocycles. The SMILES string of the molecule is Cc1cccc(C)c1CNc1cccn2c(C)[c]nc12. The van der Waals surface area contributed by atoms with Gasteiger partial charge in [0.05, 0.1) is 5.69 Å². The molecule has 0 saturated heterocycles. The first-order valence-corrected chi connectivity index (χ1v) is 6.81. The molecule has 101 valence electrons. The van der Waals surface area contributed by atoms with E-state index in [1.165, 1.54) is 16.7 Å². The maximum atomic E-state index is 4.35. The standard InChI is InChI=1S/C17H18N3/c1-12-6-4-7-13(2)15(12)11-18-16-8-5-9-20-14(3)10-19-17(16)20/h4-9,18H,11H2,1-3H3. The summed E-state index contributed by atoms with van der Waals surface area (Å²) in [7, 11) is 0. The Morgan fingerprint density at radius 1 is 1.10 bits per heavy atom. The van der Waals surface area contributed by atoms with E-state index >= 15 is 0 Å². The van der Waals surface area contributed by atoms with Crippen LogP contribution in [0.5, 0.6) is 0 Å². The van der Waals surface area contributed by atoms with Crippen molar-refractivity contribution in [3.8, 4) is 0 Å². The molecule has 0 aliphatic heterocycles. The maximum absolute atomic E-state index is 4.35. The fraction of sp³-hybridized carbons (Fsp3) is 0.235. The number of benzene rings is 1. The van der Waals surface area contributed by atoms with E-state index in [0.29, 0.717) is 0 Å². The van der Waals surface area contributed by atoms with Gasteiger partial charge in [0.15, 0.2) is 5.65 Å². The number of anilines is 1. The third-order valence-electron chi connectivity index (χ3n) is 3.75. The van der Waals surface area contributed by atoms with Gasteiger partial charge in [-0.25, -0.2) is 4.98 Å². The number of rotatable bonds is 3. The summed E-state index contributed by atoms with van der Waals surface area (Å²) < 4.78 is 2.05. The van der Waals surface area contributed by atoms with Gasteiger partial charge in [-0.1, -0.05) is 18.2 Å². The number of hydrogen-bond acceptors (Lipinski definition) is 2. The molecule has 0 saturated carbocycles. The number of fused-ring (bicyclic) bond motifs is 1. The second kappa shape index (κ2) is 5.00. The van der Waals surface area contributed by atoms with Crippen LogP contribution in [0.2, 0.25) is 0 Å². The number of hydrogen-bond donors (Lipinski definition) is 1. The van der Waals surface area contributed by atoms with E-state index in [4.69, 9.17) is 0 Å². The van der Waals surface area contributed by atoms with Crippen molar-refractivity contribution < 1.29 is 0 Å². The van der Waals surface area contributed by atoms with Gasteiger partial charge in [0.25, 0.3) is 0 Å². The normalized spacial score (nSPS) is 10.9. The number of pyridine rings is 1. The smallest absolute Gasteiger partial charge is 0.161 e. The Hall–Kier alpha value is -2.29. The number of aromatic nitrogens is 2. The fourth-order valence-corrected chi connectivity index (χ4v) is 2.52. The Morgan fingerprint density at radius 2 is 1.85 bits per heavy atom. The lowest BCUT2D eigenvalue weighted by Gasteiger charge is -2.12. The van der Waals surface area contributed by atoms with Gasteiger partial charge in [-0.3, -0.25) is 0 Å². The number of imidazole rings is 1. The predicted octanol–water partition coefficient (Wildman–Crippen LogP) is 3.67. The average Bonchev–Trinajstić information content (AvgIpc) is 2.81. The summed E-state index contributed by atoms with van der Waals surface area (Å²) in [5.74, 6) is 0. The van der Waals surface area contributed by atoms with Gasteiger partial charge < -0.3 is 9.72 Å². The van der Waals surface area contributed by atoms with E-state index in [0.717, 1.165) is 23.6 Å². The van der Waals surface area contributed by atoms with Crippen LogP contribution in [0.1, 0.15) is 22.4 Å². The topological polar surface area (TPSA) is 29.3 Å². The first-order chi connectivity index (χ1) is 9.66. The largest absolute Gasteiger partial charge is 0.378 e. The molecule has 0 spiro atoms. The highest BCUT2D eigenvalue weighted by Crippen LogP contribution is 2.19. The van der Waals surface area contributed by atoms with E-state index < -0.39 is 0 Å². The van der Waals surface area contributed by atoms with Gasteiger partial charge in [0.2, 0.25) is 0 Å². The molecular formula is C17H18N3. The zero-order valence-corrected chi connectivity index (χ0v) is 12.1. The summed E-state index contributed by atoms with van der Waals surface area (Å²) in [4.78, 5) is 4.35. The Balaban J connectivity index is 1.91. The molecule has 0 atom stereocenters. The van der Waals surface area contributed by atoms with Gasteiger partial charge in [-0.2, -0.15) is 0 Å². The van der Waals surface area contributed by atoms with Crippen LogP contribution in [0.3, 0.4) is 0 Å². The van der Waals surface area contributed by atoms with Crippen molar-refractivity contribution in [3.05, 3.63) is 65.1 Å². The molecule has 2 aromatic heterocycles. The molecule has 3 nitrogen and oxygen atoms in total. The van der Waals surface area contributed by atoms with Crippen LogP contribution in [-0.4, -0.2) is 9.38 Å². The lowest BCUT2D eigenvalue weighted by Crippen LogP contribution is -2.05. The van der Waals surface area contributed by atoms with Crippen LogP contribution in [0.15, 0.2) is 36.5 Å². The second-order valence-electron chi connectivity index (χ2n) is 5.15. The van der Waals surface area contributed by atoms with Crippen molar-refractivity contribution in [1.29, 1.82) is 0 Å². The van der Waals surface area contributed by atoms with Gasteiger partial charge in [-0.15, -0.1) is 0 Å². The molecule has 2 heterocycles. The Bertz CT molecular complexity index is 736. The number of nitrogens with zero attached hydrogens (tertiary/aromatic N) is 2. The molecule has 0 bridgehead atoms. The fourth-order valence-electron chi connectivity index (χ4n) is 2.52. The van der Waals surface area contributed by atoms with Crippen LogP contribution >= 0.6 is 0 Å². The summed E-state index contributed by atoms with van der Waals surface area (Å²) in [6.45, 7) is 7.12. The first kappa shape index (κ1) is 12.7. The van der Waals surface area contributed by atoms with E-state index in [-0.39, 0.29) is 0 Å². The molecule has 20 heavy (non-hydrogen) atoms. The van der Waals surface area contributed by atoms with Crippen LogP contribution in [0.25, 0.3) is 5.65 Å². The average molecular weight is 264 g/mol. The number of aryl methyl sites for hydroxylation is 3. The number of nitrogens with one attached hydrogen (secondary N) is 1. The van der Waals surface area contributed by atoms with Gasteiger partial charge in [0, 0.05) is 18.4 Å². The molecule has 0 unspecified atom stereocenters. The molecule has 0 aliphatic rings. The second-order valence-corrected chi connectivity index (χ2v) is 5.15. The van der Waals surface area contributed by atoms with Crippen molar-refractivity contribution in [3.63, 3.8) is 0 Å².